The van der Waals surface area contributed by atoms with Crippen LogP contribution in [0.4, 0.5) is 5.69 Å². The van der Waals surface area contributed by atoms with Crippen LogP contribution in [-0.4, -0.2) is 43.4 Å². The van der Waals surface area contributed by atoms with Gasteiger partial charge >= 0.3 is 5.97 Å². The molecule has 116 valence electrons. The fourth-order valence-corrected chi connectivity index (χ4v) is 1.56. The Morgan fingerprint density at radius 1 is 1.10 bits per heavy atom. The lowest BCUT2D eigenvalue weighted by atomic mass is 10.2. The fourth-order valence-electron chi connectivity index (χ4n) is 1.56. The van der Waals surface area contributed by atoms with Gasteiger partial charge in [0.25, 0.3) is 0 Å². The number of carbonyl (C=O) groups is 2. The van der Waals surface area contributed by atoms with E-state index in [4.69, 9.17) is 19.3 Å². The number of aliphatic carboxylic acids is 1. The molecule has 0 spiro atoms. The fraction of sp³-hybridized carbons (Fsp3) is 0.429. The summed E-state index contributed by atoms with van der Waals surface area (Å²) in [5, 5.41) is 11.0. The molecule has 1 aromatic rings. The molecule has 0 bridgehead atoms. The maximum Gasteiger partial charge on any atom is 0.329 e. The summed E-state index contributed by atoms with van der Waals surface area (Å²) in [6.45, 7) is 3.85. The number of carbonyl (C=O) groups excluding carboxylic acids is 1. The summed E-state index contributed by atoms with van der Waals surface area (Å²) in [5.74, 6) is -0.437. The summed E-state index contributed by atoms with van der Waals surface area (Å²) < 4.78 is 15.6. The van der Waals surface area contributed by atoms with E-state index in [1.54, 1.807) is 18.2 Å². The molecule has 7 heteroatoms. The van der Waals surface area contributed by atoms with Crippen molar-refractivity contribution in [3.8, 4) is 11.5 Å². The Morgan fingerprint density at radius 3 is 2.38 bits per heavy atom. The molecule has 0 aromatic heterocycles. The van der Waals surface area contributed by atoms with Gasteiger partial charge in [0.2, 0.25) is 5.91 Å². The van der Waals surface area contributed by atoms with Crippen molar-refractivity contribution in [3.05, 3.63) is 18.2 Å². The number of amides is 1. The van der Waals surface area contributed by atoms with Gasteiger partial charge in [-0.1, -0.05) is 0 Å². The minimum Gasteiger partial charge on any atom is -0.490 e. The number of benzene rings is 1. The van der Waals surface area contributed by atoms with Gasteiger partial charge < -0.3 is 24.6 Å². The third kappa shape index (κ3) is 6.13. The van der Waals surface area contributed by atoms with Gasteiger partial charge in [-0.2, -0.15) is 0 Å². The lowest BCUT2D eigenvalue weighted by Gasteiger charge is -2.13. The second-order valence-corrected chi connectivity index (χ2v) is 3.96. The van der Waals surface area contributed by atoms with E-state index < -0.39 is 18.5 Å². The second-order valence-electron chi connectivity index (χ2n) is 3.96. The second kappa shape index (κ2) is 8.80. The average Bonchev–Trinajstić information content (AvgIpc) is 2.41. The zero-order chi connectivity index (χ0) is 15.7. The van der Waals surface area contributed by atoms with Crippen molar-refractivity contribution >= 4 is 17.6 Å². The molecule has 0 heterocycles. The molecule has 0 saturated heterocycles. The molecule has 2 N–H and O–H groups in total. The molecular formula is C14H19NO6. The van der Waals surface area contributed by atoms with Crippen LogP contribution in [0, 0.1) is 0 Å². The molecule has 0 aliphatic rings. The Morgan fingerprint density at radius 2 is 1.76 bits per heavy atom. The Hall–Kier alpha value is -2.28. The normalized spacial score (nSPS) is 10.0. The first-order valence-electron chi connectivity index (χ1n) is 6.55. The van der Waals surface area contributed by atoms with E-state index >= 15 is 0 Å². The Bertz CT molecular complexity index is 488. The monoisotopic (exact) mass is 297 g/mol. The first-order chi connectivity index (χ1) is 10.1. The summed E-state index contributed by atoms with van der Waals surface area (Å²) in [6, 6.07) is 5.01. The number of nitrogens with one attached hydrogen (secondary N) is 1. The lowest BCUT2D eigenvalue weighted by Crippen LogP contribution is -2.20. The Labute approximate surface area is 122 Å². The van der Waals surface area contributed by atoms with Crippen molar-refractivity contribution < 1.29 is 28.9 Å². The number of rotatable bonds is 9. The van der Waals surface area contributed by atoms with Crippen LogP contribution in [0.15, 0.2) is 18.2 Å². The van der Waals surface area contributed by atoms with Crippen molar-refractivity contribution in [3.63, 3.8) is 0 Å². The van der Waals surface area contributed by atoms with Gasteiger partial charge in [0, 0.05) is 11.8 Å². The number of ether oxygens (including phenoxy) is 3. The molecule has 0 radical (unpaired) electrons. The molecule has 21 heavy (non-hydrogen) atoms. The predicted octanol–water partition coefficient (Wildman–Crippen LogP) is 1.52. The smallest absolute Gasteiger partial charge is 0.329 e. The minimum absolute atomic E-state index is 0.330. The topological polar surface area (TPSA) is 94.1 Å². The van der Waals surface area contributed by atoms with Crippen molar-refractivity contribution in [1.29, 1.82) is 0 Å². The zero-order valence-corrected chi connectivity index (χ0v) is 12.0. The first-order valence-corrected chi connectivity index (χ1v) is 6.55. The number of carboxylic acids is 1. The van der Waals surface area contributed by atoms with E-state index in [9.17, 15) is 9.59 Å². The van der Waals surface area contributed by atoms with Gasteiger partial charge in [-0.15, -0.1) is 0 Å². The molecule has 0 aliphatic carbocycles. The Kier molecular flexibility index (Phi) is 7.03. The highest BCUT2D eigenvalue weighted by Crippen LogP contribution is 2.30. The molecule has 0 saturated carbocycles. The van der Waals surface area contributed by atoms with Gasteiger partial charge in [-0.25, -0.2) is 4.79 Å². The maximum atomic E-state index is 11.6. The molecule has 0 aliphatic heterocycles. The van der Waals surface area contributed by atoms with Crippen LogP contribution in [0.1, 0.15) is 13.8 Å². The van der Waals surface area contributed by atoms with Crippen LogP contribution >= 0.6 is 0 Å². The highest BCUT2D eigenvalue weighted by atomic mass is 16.5. The maximum absolute atomic E-state index is 11.6. The summed E-state index contributed by atoms with van der Waals surface area (Å²) in [4.78, 5) is 21.8. The van der Waals surface area contributed by atoms with Gasteiger partial charge in [0.15, 0.2) is 11.5 Å². The number of anilines is 1. The first kappa shape index (κ1) is 16.8. The van der Waals surface area contributed by atoms with Crippen LogP contribution < -0.4 is 14.8 Å². The minimum atomic E-state index is -1.12. The molecule has 7 nitrogen and oxygen atoms in total. The Balaban J connectivity index is 2.64. The largest absolute Gasteiger partial charge is 0.490 e. The summed E-state index contributed by atoms with van der Waals surface area (Å²) in [7, 11) is 0. The standard InChI is InChI=1S/C14H19NO6/c1-3-20-11-6-5-10(7-12(11)21-4-2)15-13(16)8-19-9-14(17)18/h5-7H,3-4,8-9H2,1-2H3,(H,15,16)(H,17,18). The molecule has 1 rings (SSSR count). The van der Waals surface area contributed by atoms with E-state index in [-0.39, 0.29) is 6.61 Å². The van der Waals surface area contributed by atoms with E-state index in [1.807, 2.05) is 13.8 Å². The highest BCUT2D eigenvalue weighted by molar-refractivity contribution is 5.92. The highest BCUT2D eigenvalue weighted by Gasteiger charge is 2.09. The van der Waals surface area contributed by atoms with E-state index in [1.165, 1.54) is 0 Å². The molecule has 0 fully saturated rings. The van der Waals surface area contributed by atoms with Crippen molar-refractivity contribution in [2.75, 3.05) is 31.7 Å². The summed E-state index contributed by atoms with van der Waals surface area (Å²) in [6.07, 6.45) is 0. The van der Waals surface area contributed by atoms with Crippen molar-refractivity contribution in [2.24, 2.45) is 0 Å². The van der Waals surface area contributed by atoms with Crippen LogP contribution in [0.5, 0.6) is 11.5 Å². The molecule has 1 aromatic carbocycles. The SMILES string of the molecule is CCOc1ccc(NC(=O)COCC(=O)O)cc1OCC. The van der Waals surface area contributed by atoms with Crippen molar-refractivity contribution in [2.45, 2.75) is 13.8 Å². The van der Waals surface area contributed by atoms with E-state index in [2.05, 4.69) is 5.32 Å². The van der Waals surface area contributed by atoms with Crippen LogP contribution in [-0.2, 0) is 14.3 Å². The summed E-state index contributed by atoms with van der Waals surface area (Å²) in [5.41, 5.74) is 0.519. The number of hydrogen-bond acceptors (Lipinski definition) is 5. The van der Waals surface area contributed by atoms with Gasteiger partial charge in [-0.05, 0) is 26.0 Å². The number of hydrogen-bond donors (Lipinski definition) is 2. The summed E-state index contributed by atoms with van der Waals surface area (Å²) >= 11 is 0. The quantitative estimate of drug-likeness (QED) is 0.717. The van der Waals surface area contributed by atoms with E-state index in [0.717, 1.165) is 0 Å². The zero-order valence-electron chi connectivity index (χ0n) is 12.0. The van der Waals surface area contributed by atoms with Gasteiger partial charge in [-0.3, -0.25) is 4.79 Å². The van der Waals surface area contributed by atoms with Crippen molar-refractivity contribution in [1.82, 2.24) is 0 Å². The lowest BCUT2D eigenvalue weighted by molar-refractivity contribution is -0.143. The third-order valence-corrected chi connectivity index (χ3v) is 2.29. The predicted molar refractivity (Wildman–Crippen MR) is 75.9 cm³/mol. The third-order valence-electron chi connectivity index (χ3n) is 2.29. The molecular weight excluding hydrogens is 278 g/mol. The molecule has 0 atom stereocenters. The number of carboxylic acid groups (broad SMARTS) is 1. The van der Waals surface area contributed by atoms with Crippen LogP contribution in [0.25, 0.3) is 0 Å². The van der Waals surface area contributed by atoms with Gasteiger partial charge in [0.05, 0.1) is 13.2 Å². The van der Waals surface area contributed by atoms with Gasteiger partial charge in [0.1, 0.15) is 13.2 Å². The van der Waals surface area contributed by atoms with E-state index in [0.29, 0.717) is 30.4 Å². The van der Waals surface area contributed by atoms with Crippen LogP contribution in [0.2, 0.25) is 0 Å². The molecule has 1 amide bonds. The molecule has 0 unspecified atom stereocenters. The average molecular weight is 297 g/mol. The van der Waals surface area contributed by atoms with Crippen LogP contribution in [0.3, 0.4) is 0 Å².